The van der Waals surface area contributed by atoms with E-state index in [0.717, 1.165) is 0 Å². The van der Waals surface area contributed by atoms with Crippen molar-refractivity contribution in [3.63, 3.8) is 0 Å². The molecule has 0 radical (unpaired) electrons. The van der Waals surface area contributed by atoms with Crippen LogP contribution in [0, 0.1) is 22.7 Å². The van der Waals surface area contributed by atoms with Crippen LogP contribution in [0.15, 0.2) is 40.4 Å². The summed E-state index contributed by atoms with van der Waals surface area (Å²) in [5.41, 5.74) is -1.56. The third-order valence-electron chi connectivity index (χ3n) is 12.4. The number of hydrogen-bond acceptors (Lipinski definition) is 8. The van der Waals surface area contributed by atoms with Gasteiger partial charge in [0.25, 0.3) is 0 Å². The molecule has 0 spiro atoms. The van der Waals surface area contributed by atoms with Crippen molar-refractivity contribution in [3.8, 4) is 0 Å². The van der Waals surface area contributed by atoms with E-state index < -0.39 is 140 Å². The largest absolute Gasteiger partial charge is 4.00 e. The van der Waals surface area contributed by atoms with Crippen molar-refractivity contribution in [1.82, 2.24) is 4.98 Å². The van der Waals surface area contributed by atoms with E-state index in [1.807, 2.05) is 0 Å². The molecule has 0 aromatic carbocycles. The van der Waals surface area contributed by atoms with Crippen molar-refractivity contribution < 1.29 is 96.3 Å². The molecule has 5 rings (SSSR count). The maximum Gasteiger partial charge on any atom is 4.00 e. The van der Waals surface area contributed by atoms with Crippen LogP contribution in [-0.2, 0) is 74.7 Å². The Bertz CT molecular complexity index is 2190. The fourth-order valence-corrected chi connectivity index (χ4v) is 9.57. The second-order valence-electron chi connectivity index (χ2n) is 16.6. The van der Waals surface area contributed by atoms with Crippen LogP contribution >= 0.6 is 0 Å². The van der Waals surface area contributed by atoms with Crippen molar-refractivity contribution in [1.29, 1.82) is 0 Å². The van der Waals surface area contributed by atoms with Crippen LogP contribution in [0.5, 0.6) is 0 Å². The zero-order valence-electron chi connectivity index (χ0n) is 34.3. The molecule has 2 saturated heterocycles. The van der Waals surface area contributed by atoms with Crippen molar-refractivity contribution in [3.05, 3.63) is 78.9 Å². The van der Waals surface area contributed by atoms with Gasteiger partial charge in [0, 0.05) is 25.7 Å². The zero-order valence-corrected chi connectivity index (χ0v) is 35.4. The molecule has 0 saturated carbocycles. The number of allylic oxidation sites excluding steroid dienone is 3. The fourth-order valence-electron chi connectivity index (χ4n) is 9.57. The van der Waals surface area contributed by atoms with Gasteiger partial charge in [-0.3, -0.25) is 38.4 Å². The minimum Gasteiger partial charge on any atom is -0.681 e. The molecule has 7 atom stereocenters. The SMILES string of the molecule is C[C@]1(CC(=O)O)C2=CC3[N-]C(=Cc4[n-]c(c(CCC(=O)O)c4CC(=O)O)C[C@@H]4[N-]C(C=C([N-]2)[C@H]1CCC(=O)O)C(CC(=O)O)=C4CCC(=O)O)[C@@](C)(CC(=O)O)[C@H]3CCC(=O)O.[Fe+4]. The summed E-state index contributed by atoms with van der Waals surface area (Å²) in [4.78, 5) is 103. The molecular weight excluding hydrogens is 872 g/mol. The van der Waals surface area contributed by atoms with E-state index in [1.165, 1.54) is 18.2 Å². The standard InChI is InChI=1S/C42H48N4O16.Fe/c1-41(17-39(59)60)23(5-9-35(51)52)29-14-27-21(11-37(55)56)19(3-7-33(47)48)25(43-27)13-26-20(4-8-34(49)50)22(12-38(57)58)28(44-26)15-31-42(2,18-40(61)62)24(6-10-36(53)54)30(46-31)16-32(41)45-29;/h14-16,23-25,27,30H,3-13,17-18H2,1-2H3,(H,47,48)(H,49,50)(H,51,52)(H,53,54)(H,55,56)(H,57,58)(H,59,60)(H,61,62);/q-4;+4/t23-,24+,25+,27?,30?,41-,42+;/m1./s1. The molecule has 63 heavy (non-hydrogen) atoms. The normalized spacial score (nSPS) is 26.0. The third-order valence-corrected chi connectivity index (χ3v) is 12.4. The molecule has 4 aliphatic heterocycles. The van der Waals surface area contributed by atoms with Crippen molar-refractivity contribution in [2.45, 2.75) is 115 Å². The molecule has 1 aromatic heterocycles. The Morgan fingerprint density at radius 2 is 1.21 bits per heavy atom. The van der Waals surface area contributed by atoms with E-state index in [4.69, 9.17) is 20.9 Å². The van der Waals surface area contributed by atoms with Crippen LogP contribution < -0.4 is 4.98 Å². The predicted octanol–water partition coefficient (Wildman–Crippen LogP) is 4.78. The van der Waals surface area contributed by atoms with E-state index in [-0.39, 0.29) is 94.4 Å². The molecule has 20 nitrogen and oxygen atoms in total. The first-order valence-corrected chi connectivity index (χ1v) is 19.9. The summed E-state index contributed by atoms with van der Waals surface area (Å²) in [6.07, 6.45) is -0.704. The maximum atomic E-state index is 12.6. The van der Waals surface area contributed by atoms with Crippen LogP contribution in [0.3, 0.4) is 0 Å². The topological polar surface area (TPSA) is 355 Å². The predicted molar refractivity (Wildman–Crippen MR) is 214 cm³/mol. The van der Waals surface area contributed by atoms with Gasteiger partial charge in [-0.2, -0.15) is 22.8 Å². The summed E-state index contributed by atoms with van der Waals surface area (Å²) >= 11 is 0. The molecule has 8 bridgehead atoms. The van der Waals surface area contributed by atoms with Gasteiger partial charge < -0.3 is 61.8 Å². The monoisotopic (exact) mass is 920 g/mol. The van der Waals surface area contributed by atoms with Crippen LogP contribution in [0.2, 0.25) is 0 Å². The number of fused-ring (bicyclic) bond motifs is 8. The minimum absolute atomic E-state index is 0. The molecule has 5 heterocycles. The molecule has 2 fully saturated rings. The van der Waals surface area contributed by atoms with E-state index in [2.05, 4.69) is 0 Å². The first kappa shape index (κ1) is 49.7. The molecular formula is C42H48FeN4O16. The third kappa shape index (κ3) is 11.4. The number of nitrogens with zero attached hydrogens (tertiary/aromatic N) is 4. The molecule has 4 aliphatic rings. The van der Waals surface area contributed by atoms with Gasteiger partial charge in [-0.15, -0.1) is 23.9 Å². The van der Waals surface area contributed by atoms with Crippen molar-refractivity contribution in [2.24, 2.45) is 22.7 Å². The Labute approximate surface area is 371 Å². The van der Waals surface area contributed by atoms with Crippen molar-refractivity contribution in [2.75, 3.05) is 0 Å². The Kier molecular flexibility index (Phi) is 15.8. The number of carboxylic acids is 8. The number of hydrogen-bond donors (Lipinski definition) is 8. The fraction of sp³-hybridized carbons (Fsp3) is 0.524. The summed E-state index contributed by atoms with van der Waals surface area (Å²) in [5, 5.41) is 94.5. The summed E-state index contributed by atoms with van der Waals surface area (Å²) in [5.74, 6) is -11.8. The first-order chi connectivity index (χ1) is 29.0. The van der Waals surface area contributed by atoms with Gasteiger partial charge in [-0.05, 0) is 48.3 Å². The van der Waals surface area contributed by atoms with Gasteiger partial charge in [0.05, 0.1) is 25.7 Å². The van der Waals surface area contributed by atoms with Crippen LogP contribution in [-0.4, -0.2) is 107 Å². The Hall–Kier alpha value is -5.92. The summed E-state index contributed by atoms with van der Waals surface area (Å²) in [6, 6.07) is -3.18. The van der Waals surface area contributed by atoms with Gasteiger partial charge in [0.15, 0.2) is 0 Å². The smallest absolute Gasteiger partial charge is 0.681 e. The van der Waals surface area contributed by atoms with Gasteiger partial charge >= 0.3 is 64.8 Å². The number of aromatic nitrogens is 1. The summed E-state index contributed by atoms with van der Waals surface area (Å²) < 4.78 is 0. The van der Waals surface area contributed by atoms with E-state index in [1.54, 1.807) is 13.8 Å². The Morgan fingerprint density at radius 1 is 0.635 bits per heavy atom. The summed E-state index contributed by atoms with van der Waals surface area (Å²) in [6.45, 7) is 3.13. The molecule has 340 valence electrons. The molecule has 0 aliphatic carbocycles. The number of rotatable bonds is 20. The molecule has 2 unspecified atom stereocenters. The van der Waals surface area contributed by atoms with Crippen LogP contribution in [0.4, 0.5) is 0 Å². The number of carbonyl (C=O) groups is 8. The molecule has 0 amide bonds. The Morgan fingerprint density at radius 3 is 1.78 bits per heavy atom. The number of aliphatic carboxylic acids is 8. The summed E-state index contributed by atoms with van der Waals surface area (Å²) in [7, 11) is 0. The van der Waals surface area contributed by atoms with Gasteiger partial charge in [0.2, 0.25) is 0 Å². The minimum atomic E-state index is -1.46. The molecule has 8 N–H and O–H groups in total. The second kappa shape index (κ2) is 20.1. The average Bonchev–Trinajstić information content (AvgIpc) is 3.77. The quantitative estimate of drug-likeness (QED) is 0.0644. The molecule has 21 heteroatoms. The second-order valence-corrected chi connectivity index (χ2v) is 16.6. The van der Waals surface area contributed by atoms with Gasteiger partial charge in [-0.25, -0.2) is 0 Å². The first-order valence-electron chi connectivity index (χ1n) is 19.9. The number of carboxylic acid groups (broad SMARTS) is 8. The van der Waals surface area contributed by atoms with Gasteiger partial charge in [0.1, 0.15) is 0 Å². The maximum absolute atomic E-state index is 12.6. The van der Waals surface area contributed by atoms with E-state index in [9.17, 15) is 79.2 Å². The van der Waals surface area contributed by atoms with Crippen LogP contribution in [0.1, 0.15) is 101 Å². The molecule has 1 aromatic rings. The average molecular weight is 921 g/mol. The van der Waals surface area contributed by atoms with Gasteiger partial charge in [-0.1, -0.05) is 60.7 Å². The van der Waals surface area contributed by atoms with Crippen molar-refractivity contribution >= 4 is 53.8 Å². The van der Waals surface area contributed by atoms with E-state index in [0.29, 0.717) is 5.57 Å². The Balaban J connectivity index is 0.00000871. The van der Waals surface area contributed by atoms with E-state index >= 15 is 0 Å². The van der Waals surface area contributed by atoms with Crippen LogP contribution in [0.25, 0.3) is 22.0 Å². The zero-order chi connectivity index (χ0) is 45.8.